The second kappa shape index (κ2) is 7.88. The fourth-order valence-electron chi connectivity index (χ4n) is 1.82. The lowest BCUT2D eigenvalue weighted by atomic mass is 10.2. The molecule has 1 aromatic carbocycles. The Balaban J connectivity index is 2.05. The summed E-state index contributed by atoms with van der Waals surface area (Å²) >= 11 is 0. The Bertz CT molecular complexity index is 728. The van der Waals surface area contributed by atoms with Crippen molar-refractivity contribution in [2.75, 3.05) is 6.61 Å². The first-order chi connectivity index (χ1) is 11.8. The summed E-state index contributed by atoms with van der Waals surface area (Å²) in [5.41, 5.74) is -0.481. The number of benzene rings is 1. The zero-order chi connectivity index (χ0) is 18.4. The van der Waals surface area contributed by atoms with E-state index >= 15 is 0 Å². The molecule has 0 aliphatic rings. The summed E-state index contributed by atoms with van der Waals surface area (Å²) in [5.74, 6) is -0.465. The molecule has 0 amide bonds. The van der Waals surface area contributed by atoms with Gasteiger partial charge in [-0.2, -0.15) is 17.9 Å². The minimum absolute atomic E-state index is 0.157. The Morgan fingerprint density at radius 3 is 2.64 bits per heavy atom. The highest BCUT2D eigenvalue weighted by Crippen LogP contribution is 2.29. The number of esters is 1. The van der Waals surface area contributed by atoms with Gasteiger partial charge in [-0.3, -0.25) is 0 Å². The van der Waals surface area contributed by atoms with Crippen LogP contribution in [-0.2, 0) is 27.1 Å². The Hall–Kier alpha value is -2.75. The molecule has 10 heteroatoms. The molecule has 2 rings (SSSR count). The average molecular weight is 356 g/mol. The van der Waals surface area contributed by atoms with Crippen molar-refractivity contribution in [3.8, 4) is 5.69 Å². The van der Waals surface area contributed by atoms with E-state index < -0.39 is 23.8 Å². The van der Waals surface area contributed by atoms with Gasteiger partial charge in [-0.05, 0) is 41.6 Å². The van der Waals surface area contributed by atoms with Crippen LogP contribution < -0.4 is 0 Å². The van der Waals surface area contributed by atoms with Crippen LogP contribution in [0.5, 0.6) is 0 Å². The van der Waals surface area contributed by atoms with Crippen molar-refractivity contribution in [3.63, 3.8) is 0 Å². The van der Waals surface area contributed by atoms with Crippen LogP contribution in [0.3, 0.4) is 0 Å². The summed E-state index contributed by atoms with van der Waals surface area (Å²) in [6.45, 7) is 4.92. The number of carbonyl (C=O) groups excluding carboxylic acids is 1. The number of hydrogen-bond donors (Lipinski definition) is 0. The monoisotopic (exact) mass is 356 g/mol. The number of nitrogens with zero attached hydrogens (tertiary/aromatic N) is 4. The number of hydrogen-bond acceptors (Lipinski definition) is 6. The van der Waals surface area contributed by atoms with Crippen molar-refractivity contribution in [3.05, 3.63) is 48.3 Å². The maximum atomic E-state index is 12.6. The summed E-state index contributed by atoms with van der Waals surface area (Å²) in [5, 5.41) is 10.8. The fraction of sp³-hybridized carbons (Fsp3) is 0.333. The molecule has 134 valence electrons. The Morgan fingerprint density at radius 1 is 1.36 bits per heavy atom. The van der Waals surface area contributed by atoms with Crippen molar-refractivity contribution < 1.29 is 27.4 Å². The largest absolute Gasteiger partial charge is 0.455 e. The molecule has 7 nitrogen and oxygen atoms in total. The highest BCUT2D eigenvalue weighted by atomic mass is 19.4. The Kier molecular flexibility index (Phi) is 5.86. The predicted octanol–water partition coefficient (Wildman–Crippen LogP) is 2.32. The molecule has 0 radical (unpaired) electrons. The van der Waals surface area contributed by atoms with Crippen LogP contribution in [-0.4, -0.2) is 38.9 Å². The van der Waals surface area contributed by atoms with E-state index in [0.717, 1.165) is 12.1 Å². The molecule has 1 atom stereocenters. The van der Waals surface area contributed by atoms with Crippen molar-refractivity contribution in [2.45, 2.75) is 25.8 Å². The number of alkyl halides is 3. The van der Waals surface area contributed by atoms with Gasteiger partial charge in [0.05, 0.1) is 17.9 Å². The van der Waals surface area contributed by atoms with E-state index in [1.807, 2.05) is 0 Å². The number of halogens is 3. The third-order valence-corrected chi connectivity index (χ3v) is 3.11. The van der Waals surface area contributed by atoms with E-state index in [1.165, 1.54) is 29.8 Å². The first-order valence-electron chi connectivity index (χ1n) is 7.17. The lowest BCUT2D eigenvalue weighted by Crippen LogP contribution is -2.24. The molecule has 0 saturated heterocycles. The van der Waals surface area contributed by atoms with E-state index in [0.29, 0.717) is 5.69 Å². The third kappa shape index (κ3) is 4.86. The van der Waals surface area contributed by atoms with E-state index in [9.17, 15) is 18.0 Å². The summed E-state index contributed by atoms with van der Waals surface area (Å²) in [6, 6.07) is 4.27. The maximum absolute atomic E-state index is 12.6. The third-order valence-electron chi connectivity index (χ3n) is 3.11. The lowest BCUT2D eigenvalue weighted by molar-refractivity contribution is -0.157. The second-order valence-corrected chi connectivity index (χ2v) is 4.92. The van der Waals surface area contributed by atoms with Gasteiger partial charge in [-0.15, -0.1) is 11.7 Å². The summed E-state index contributed by atoms with van der Waals surface area (Å²) < 4.78 is 49.1. The van der Waals surface area contributed by atoms with Gasteiger partial charge in [0, 0.05) is 0 Å². The first-order valence-corrected chi connectivity index (χ1v) is 7.17. The molecule has 0 aliphatic carbocycles. The summed E-state index contributed by atoms with van der Waals surface area (Å²) in [6.07, 6.45) is -3.73. The molecule has 0 spiro atoms. The van der Waals surface area contributed by atoms with Crippen LogP contribution in [0, 0.1) is 0 Å². The molecule has 1 heterocycles. The molecular formula is C15H15F3N4O3. The van der Waals surface area contributed by atoms with E-state index in [-0.39, 0.29) is 19.0 Å². The average Bonchev–Trinajstić information content (AvgIpc) is 3.05. The fourth-order valence-corrected chi connectivity index (χ4v) is 1.82. The van der Waals surface area contributed by atoms with Crippen LogP contribution in [0.2, 0.25) is 0 Å². The summed E-state index contributed by atoms with van der Waals surface area (Å²) in [4.78, 5) is 11.8. The van der Waals surface area contributed by atoms with E-state index in [1.54, 1.807) is 0 Å². The van der Waals surface area contributed by atoms with E-state index in [2.05, 4.69) is 22.1 Å². The predicted molar refractivity (Wildman–Crippen MR) is 79.6 cm³/mol. The van der Waals surface area contributed by atoms with E-state index in [4.69, 9.17) is 9.47 Å². The SMILES string of the molecule is C=CCOC(C)C(=O)OCc1nnnn1-c1ccc(C(F)(F)F)cc1. The minimum atomic E-state index is -4.43. The van der Waals surface area contributed by atoms with Crippen molar-refractivity contribution in [1.82, 2.24) is 20.2 Å². The molecule has 25 heavy (non-hydrogen) atoms. The molecule has 2 aromatic rings. The van der Waals surface area contributed by atoms with Gasteiger partial charge in [0.2, 0.25) is 0 Å². The topological polar surface area (TPSA) is 79.1 Å². The standard InChI is InChI=1S/C15H15F3N4O3/c1-3-8-24-10(2)14(23)25-9-13-19-20-21-22(13)12-6-4-11(5-7-12)15(16,17)18/h3-7,10H,1,8-9H2,2H3. The zero-order valence-electron chi connectivity index (χ0n) is 13.2. The zero-order valence-corrected chi connectivity index (χ0v) is 13.2. The number of tetrazole rings is 1. The first kappa shape index (κ1) is 18.6. The molecular weight excluding hydrogens is 341 g/mol. The van der Waals surface area contributed by atoms with Gasteiger partial charge in [0.15, 0.2) is 18.5 Å². The van der Waals surface area contributed by atoms with Crippen LogP contribution >= 0.6 is 0 Å². The van der Waals surface area contributed by atoms with Gasteiger partial charge in [0.25, 0.3) is 0 Å². The molecule has 1 unspecified atom stereocenters. The van der Waals surface area contributed by atoms with Gasteiger partial charge < -0.3 is 9.47 Å². The molecule has 0 N–H and O–H groups in total. The summed E-state index contributed by atoms with van der Waals surface area (Å²) in [7, 11) is 0. The minimum Gasteiger partial charge on any atom is -0.455 e. The Labute approximate surface area is 141 Å². The van der Waals surface area contributed by atoms with Crippen molar-refractivity contribution >= 4 is 5.97 Å². The van der Waals surface area contributed by atoms with Crippen LogP contribution in [0.4, 0.5) is 13.2 Å². The smallest absolute Gasteiger partial charge is 0.416 e. The van der Waals surface area contributed by atoms with Gasteiger partial charge >= 0.3 is 12.1 Å². The maximum Gasteiger partial charge on any atom is 0.416 e. The number of ether oxygens (including phenoxy) is 2. The van der Waals surface area contributed by atoms with Gasteiger partial charge in [0.1, 0.15) is 0 Å². The van der Waals surface area contributed by atoms with Crippen LogP contribution in [0.25, 0.3) is 5.69 Å². The number of carbonyl (C=O) groups is 1. The number of aromatic nitrogens is 4. The molecule has 0 saturated carbocycles. The molecule has 0 bridgehead atoms. The quantitative estimate of drug-likeness (QED) is 0.560. The Morgan fingerprint density at radius 2 is 2.04 bits per heavy atom. The number of rotatable bonds is 7. The van der Waals surface area contributed by atoms with Crippen molar-refractivity contribution in [1.29, 1.82) is 0 Å². The highest BCUT2D eigenvalue weighted by molar-refractivity contribution is 5.74. The highest BCUT2D eigenvalue weighted by Gasteiger charge is 2.30. The molecule has 0 aliphatic heterocycles. The molecule has 1 aromatic heterocycles. The molecule has 0 fully saturated rings. The van der Waals surface area contributed by atoms with Gasteiger partial charge in [-0.1, -0.05) is 6.08 Å². The van der Waals surface area contributed by atoms with Crippen LogP contribution in [0.15, 0.2) is 36.9 Å². The van der Waals surface area contributed by atoms with Crippen molar-refractivity contribution in [2.24, 2.45) is 0 Å². The van der Waals surface area contributed by atoms with Crippen LogP contribution in [0.1, 0.15) is 18.3 Å². The van der Waals surface area contributed by atoms with Gasteiger partial charge in [-0.25, -0.2) is 4.79 Å². The second-order valence-electron chi connectivity index (χ2n) is 4.92. The normalized spacial score (nSPS) is 12.6. The lowest BCUT2D eigenvalue weighted by Gasteiger charge is -2.11.